The molecule has 0 aromatic carbocycles. The predicted molar refractivity (Wildman–Crippen MR) is 144 cm³/mol. The molecular formula is C24H38N5O11P. The van der Waals surface area contributed by atoms with E-state index in [9.17, 15) is 23.8 Å². The average Bonchev–Trinajstić information content (AvgIpc) is 3.18. The minimum Gasteiger partial charge on any atom is -0.443 e. The summed E-state index contributed by atoms with van der Waals surface area (Å²) in [6.45, 7) is 14.0. The van der Waals surface area contributed by atoms with Crippen LogP contribution in [0.1, 0.15) is 62.3 Å². The van der Waals surface area contributed by atoms with Crippen molar-refractivity contribution < 1.29 is 52.1 Å². The normalized spacial score (nSPS) is 14.3. The molecule has 2 aromatic heterocycles. The lowest BCUT2D eigenvalue weighted by Gasteiger charge is -2.28. The topological polar surface area (TPSA) is 191 Å². The third-order valence-electron chi connectivity index (χ3n) is 4.49. The van der Waals surface area contributed by atoms with E-state index in [4.69, 9.17) is 23.5 Å². The van der Waals surface area contributed by atoms with Gasteiger partial charge in [-0.25, -0.2) is 29.3 Å². The molecule has 0 saturated carbocycles. The lowest BCUT2D eigenvalue weighted by Crippen LogP contribution is -2.44. The summed E-state index contributed by atoms with van der Waals surface area (Å²) in [7, 11) is -4.27. The number of aromatic nitrogens is 4. The number of amides is 2. The van der Waals surface area contributed by atoms with E-state index in [0.29, 0.717) is 4.90 Å². The van der Waals surface area contributed by atoms with Crippen molar-refractivity contribution in [1.29, 1.82) is 0 Å². The Hall–Kier alpha value is -3.33. The Balaban J connectivity index is 2.17. The zero-order valence-electron chi connectivity index (χ0n) is 24.6. The molecular weight excluding hydrogens is 565 g/mol. The van der Waals surface area contributed by atoms with Crippen LogP contribution in [0.4, 0.5) is 20.2 Å². The standard InChI is InChI=1S/C24H38N5O11P/c1-15(2)38-22(32)35-13-37-41(33,34)14-36-16(3)10-28-12-27-17-18(28)25-11-26-19(17)29(20(30)39-23(4,5)6)21(31)40-24(7,8)9/h11-12,15-16H,10,13-14H2,1-9H3,(H,33,34)/t16-/m1/s1. The summed E-state index contributed by atoms with van der Waals surface area (Å²) in [5.74, 6) is -0.157. The number of rotatable bonds is 10. The molecule has 1 unspecified atom stereocenters. The highest BCUT2D eigenvalue weighted by molar-refractivity contribution is 7.52. The molecule has 0 fully saturated rings. The van der Waals surface area contributed by atoms with Gasteiger partial charge >= 0.3 is 25.9 Å². The van der Waals surface area contributed by atoms with Gasteiger partial charge in [0.2, 0.25) is 6.79 Å². The molecule has 2 atom stereocenters. The molecule has 0 aliphatic heterocycles. The average molecular weight is 604 g/mol. The van der Waals surface area contributed by atoms with Crippen LogP contribution < -0.4 is 4.90 Å². The molecule has 2 aromatic rings. The van der Waals surface area contributed by atoms with Crippen LogP contribution >= 0.6 is 7.60 Å². The van der Waals surface area contributed by atoms with E-state index in [2.05, 4.69) is 19.7 Å². The van der Waals surface area contributed by atoms with E-state index in [0.717, 1.165) is 6.33 Å². The van der Waals surface area contributed by atoms with E-state index in [1.165, 1.54) is 6.33 Å². The van der Waals surface area contributed by atoms with Crippen molar-refractivity contribution in [3.63, 3.8) is 0 Å². The second-order valence-corrected chi connectivity index (χ2v) is 12.9. The number of nitrogens with zero attached hydrogens (tertiary/aromatic N) is 5. The first-order valence-corrected chi connectivity index (χ1v) is 14.4. The molecule has 41 heavy (non-hydrogen) atoms. The number of carbonyl (C=O) groups is 3. The van der Waals surface area contributed by atoms with E-state index >= 15 is 0 Å². The zero-order valence-corrected chi connectivity index (χ0v) is 25.5. The van der Waals surface area contributed by atoms with Crippen molar-refractivity contribution in [3.05, 3.63) is 12.7 Å². The molecule has 2 amide bonds. The number of hydrogen-bond donors (Lipinski definition) is 1. The van der Waals surface area contributed by atoms with Gasteiger partial charge in [-0.2, -0.15) is 4.90 Å². The maximum atomic E-state index is 13.0. The Kier molecular flexibility index (Phi) is 11.2. The van der Waals surface area contributed by atoms with Gasteiger partial charge in [0.05, 0.1) is 25.1 Å². The van der Waals surface area contributed by atoms with Crippen LogP contribution in [0.15, 0.2) is 12.7 Å². The van der Waals surface area contributed by atoms with Gasteiger partial charge in [-0.05, 0) is 62.3 Å². The second kappa shape index (κ2) is 13.6. The van der Waals surface area contributed by atoms with Crippen molar-refractivity contribution in [2.24, 2.45) is 0 Å². The van der Waals surface area contributed by atoms with Crippen LogP contribution in [0.5, 0.6) is 0 Å². The third kappa shape index (κ3) is 11.2. The summed E-state index contributed by atoms with van der Waals surface area (Å²) in [6, 6.07) is 0. The second-order valence-electron chi connectivity index (χ2n) is 11.1. The van der Waals surface area contributed by atoms with Crippen molar-refractivity contribution in [1.82, 2.24) is 19.5 Å². The maximum absolute atomic E-state index is 13.0. The summed E-state index contributed by atoms with van der Waals surface area (Å²) < 4.78 is 44.1. The zero-order chi connectivity index (χ0) is 31.2. The van der Waals surface area contributed by atoms with E-state index in [-0.39, 0.29) is 23.5 Å². The van der Waals surface area contributed by atoms with Crippen molar-refractivity contribution in [2.75, 3.05) is 18.0 Å². The third-order valence-corrected chi connectivity index (χ3v) is 5.47. The number of carbonyl (C=O) groups excluding carboxylic acids is 3. The first-order valence-electron chi connectivity index (χ1n) is 12.6. The Morgan fingerprint density at radius 2 is 1.59 bits per heavy atom. The predicted octanol–water partition coefficient (Wildman–Crippen LogP) is 4.59. The van der Waals surface area contributed by atoms with Crippen LogP contribution in [0.3, 0.4) is 0 Å². The van der Waals surface area contributed by atoms with Crippen LogP contribution in [0, 0.1) is 0 Å². The van der Waals surface area contributed by atoms with Crippen molar-refractivity contribution in [3.8, 4) is 0 Å². The largest absolute Gasteiger partial charge is 0.510 e. The smallest absolute Gasteiger partial charge is 0.443 e. The van der Waals surface area contributed by atoms with Crippen molar-refractivity contribution in [2.45, 2.75) is 92.3 Å². The van der Waals surface area contributed by atoms with E-state index in [1.807, 2.05) is 0 Å². The van der Waals surface area contributed by atoms with Gasteiger partial charge in [0.1, 0.15) is 23.9 Å². The number of imide groups is 1. The molecule has 2 heterocycles. The van der Waals surface area contributed by atoms with Crippen LogP contribution in [0.2, 0.25) is 0 Å². The number of imidazole rings is 1. The Morgan fingerprint density at radius 1 is 1.00 bits per heavy atom. The fourth-order valence-corrected chi connectivity index (χ4v) is 3.73. The quantitative estimate of drug-likeness (QED) is 0.172. The van der Waals surface area contributed by atoms with Gasteiger partial charge in [-0.15, -0.1) is 0 Å². The first kappa shape index (κ1) is 33.9. The molecule has 0 spiro atoms. The number of hydrogen-bond acceptors (Lipinski definition) is 13. The molecule has 0 aliphatic carbocycles. The lowest BCUT2D eigenvalue weighted by molar-refractivity contribution is -0.0153. The highest BCUT2D eigenvalue weighted by Gasteiger charge is 2.35. The highest BCUT2D eigenvalue weighted by Crippen LogP contribution is 2.42. The van der Waals surface area contributed by atoms with Crippen LogP contribution in [-0.2, 0) is 39.3 Å². The molecule has 230 valence electrons. The van der Waals surface area contributed by atoms with Crippen LogP contribution in [0.25, 0.3) is 11.2 Å². The van der Waals surface area contributed by atoms with Crippen LogP contribution in [-0.4, -0.2) is 79.3 Å². The monoisotopic (exact) mass is 603 g/mol. The Bertz CT molecular complexity index is 1240. The van der Waals surface area contributed by atoms with Crippen molar-refractivity contribution >= 4 is 42.9 Å². The molecule has 0 saturated heterocycles. The van der Waals surface area contributed by atoms with Gasteiger partial charge in [-0.3, -0.25) is 9.09 Å². The Labute approximate surface area is 237 Å². The Morgan fingerprint density at radius 3 is 2.12 bits per heavy atom. The molecule has 1 N–H and O–H groups in total. The SMILES string of the molecule is CC(C)OC(=O)OCOP(=O)(O)CO[C@H](C)Cn1cnc2c(N(C(=O)OC(C)(C)C)C(=O)OC(C)(C)C)ncnc21. The van der Waals surface area contributed by atoms with Gasteiger partial charge in [0.25, 0.3) is 0 Å². The van der Waals surface area contributed by atoms with Gasteiger partial charge in [0, 0.05) is 0 Å². The van der Waals surface area contributed by atoms with E-state index < -0.39 is 62.5 Å². The number of fused-ring (bicyclic) bond motifs is 1. The number of ether oxygens (including phenoxy) is 5. The molecule has 16 nitrogen and oxygen atoms in total. The summed E-state index contributed by atoms with van der Waals surface area (Å²) in [4.78, 5) is 60.6. The maximum Gasteiger partial charge on any atom is 0.510 e. The summed E-state index contributed by atoms with van der Waals surface area (Å²) >= 11 is 0. The summed E-state index contributed by atoms with van der Waals surface area (Å²) in [6.07, 6.45) is -2.33. The van der Waals surface area contributed by atoms with E-state index in [1.54, 1.807) is 66.9 Å². The molecule has 2 rings (SSSR count). The lowest BCUT2D eigenvalue weighted by atomic mass is 10.2. The van der Waals surface area contributed by atoms with Gasteiger partial charge < -0.3 is 33.1 Å². The molecule has 0 radical (unpaired) electrons. The molecule has 17 heteroatoms. The molecule has 0 aliphatic rings. The minimum absolute atomic E-state index is 0.0954. The minimum atomic E-state index is -4.27. The van der Waals surface area contributed by atoms with Gasteiger partial charge in [-0.1, -0.05) is 0 Å². The summed E-state index contributed by atoms with van der Waals surface area (Å²) in [5, 5.41) is 0. The number of anilines is 1. The first-order chi connectivity index (χ1) is 18.8. The fraction of sp³-hybridized carbons (Fsp3) is 0.667. The van der Waals surface area contributed by atoms with Gasteiger partial charge in [0.15, 0.2) is 17.0 Å². The highest BCUT2D eigenvalue weighted by atomic mass is 31.2. The molecule has 0 bridgehead atoms. The summed E-state index contributed by atoms with van der Waals surface area (Å²) in [5.41, 5.74) is -1.51. The fourth-order valence-electron chi connectivity index (χ4n) is 3.00.